The highest BCUT2D eigenvalue weighted by Gasteiger charge is 2.22. The molecule has 7 nitrogen and oxygen atoms in total. The van der Waals surface area contributed by atoms with Gasteiger partial charge in [0.1, 0.15) is 0 Å². The van der Waals surface area contributed by atoms with Crippen molar-refractivity contribution < 1.29 is 14.3 Å². The molecular formula is C23H27N3O4. The van der Waals surface area contributed by atoms with Crippen molar-refractivity contribution in [3.63, 3.8) is 0 Å². The van der Waals surface area contributed by atoms with Crippen molar-refractivity contribution in [1.29, 1.82) is 0 Å². The third-order valence-corrected chi connectivity index (χ3v) is 5.08. The van der Waals surface area contributed by atoms with Crippen LogP contribution in [0, 0.1) is 0 Å². The number of nitrogens with zero attached hydrogens (tertiary/aromatic N) is 3. The van der Waals surface area contributed by atoms with Crippen LogP contribution in [0.1, 0.15) is 25.8 Å². The second-order valence-electron chi connectivity index (χ2n) is 7.23. The lowest BCUT2D eigenvalue weighted by atomic mass is 10.2. The first-order valence-corrected chi connectivity index (χ1v) is 10.1. The number of benzene rings is 2. The van der Waals surface area contributed by atoms with Gasteiger partial charge in [0, 0.05) is 26.7 Å². The fourth-order valence-corrected chi connectivity index (χ4v) is 3.55. The van der Waals surface area contributed by atoms with Crippen molar-refractivity contribution >= 4 is 22.9 Å². The maximum atomic E-state index is 12.6. The number of hydrogen-bond donors (Lipinski definition) is 0. The molecule has 0 bridgehead atoms. The van der Waals surface area contributed by atoms with Crippen LogP contribution >= 0.6 is 0 Å². The van der Waals surface area contributed by atoms with E-state index in [1.807, 2.05) is 61.5 Å². The van der Waals surface area contributed by atoms with Crippen LogP contribution in [0.15, 0.2) is 59.4 Å². The Labute approximate surface area is 175 Å². The number of aryl methyl sites for hydroxylation is 2. The molecule has 0 aliphatic rings. The first-order chi connectivity index (χ1) is 14.4. The van der Waals surface area contributed by atoms with Crippen molar-refractivity contribution in [2.75, 3.05) is 7.05 Å². The number of esters is 1. The lowest BCUT2D eigenvalue weighted by molar-refractivity contribution is -0.158. The maximum absolute atomic E-state index is 12.6. The zero-order chi connectivity index (χ0) is 21.7. The van der Waals surface area contributed by atoms with E-state index in [0.29, 0.717) is 13.1 Å². The van der Waals surface area contributed by atoms with Crippen molar-refractivity contribution in [2.24, 2.45) is 0 Å². The number of aromatic nitrogens is 2. The van der Waals surface area contributed by atoms with Crippen LogP contribution in [0.3, 0.4) is 0 Å². The van der Waals surface area contributed by atoms with Gasteiger partial charge in [-0.15, -0.1) is 0 Å². The Bertz CT molecular complexity index is 1080. The van der Waals surface area contributed by atoms with Gasteiger partial charge in [-0.3, -0.25) is 18.7 Å². The summed E-state index contributed by atoms with van der Waals surface area (Å²) in [6, 6.07) is 17.1. The highest BCUT2D eigenvalue weighted by Crippen LogP contribution is 2.13. The lowest BCUT2D eigenvalue weighted by Crippen LogP contribution is -2.37. The predicted octanol–water partition coefficient (Wildman–Crippen LogP) is 2.80. The highest BCUT2D eigenvalue weighted by atomic mass is 16.5. The minimum atomic E-state index is -0.889. The summed E-state index contributed by atoms with van der Waals surface area (Å²) in [5, 5.41) is 0. The Kier molecular flexibility index (Phi) is 6.72. The van der Waals surface area contributed by atoms with Gasteiger partial charge in [0.05, 0.1) is 17.5 Å². The Morgan fingerprint density at radius 1 is 1.00 bits per heavy atom. The van der Waals surface area contributed by atoms with Crippen molar-refractivity contribution in [1.82, 2.24) is 14.0 Å². The summed E-state index contributed by atoms with van der Waals surface area (Å²) in [7, 11) is 1.68. The molecule has 158 valence electrons. The van der Waals surface area contributed by atoms with Crippen LogP contribution in [-0.2, 0) is 34.0 Å². The van der Waals surface area contributed by atoms with Gasteiger partial charge in [-0.25, -0.2) is 4.79 Å². The molecule has 1 amide bonds. The number of para-hydroxylation sites is 2. The van der Waals surface area contributed by atoms with Gasteiger partial charge in [0.2, 0.25) is 0 Å². The van der Waals surface area contributed by atoms with E-state index in [1.165, 1.54) is 4.90 Å². The summed E-state index contributed by atoms with van der Waals surface area (Å²) >= 11 is 0. The molecule has 0 aliphatic heterocycles. The SMILES string of the molecule is CCn1c(=O)n(CCC(=O)OC(C)C(=O)N(C)Cc2ccccc2)c2ccccc21. The first kappa shape index (κ1) is 21.4. The summed E-state index contributed by atoms with van der Waals surface area (Å²) in [6.07, 6.45) is -0.877. The number of likely N-dealkylation sites (N-methyl/N-ethyl adjacent to an activating group) is 1. The third kappa shape index (κ3) is 4.62. The van der Waals surface area contributed by atoms with Crippen LogP contribution in [0.2, 0.25) is 0 Å². The average Bonchev–Trinajstić information content (AvgIpc) is 3.02. The number of imidazole rings is 1. The van der Waals surface area contributed by atoms with Gasteiger partial charge in [-0.1, -0.05) is 42.5 Å². The Morgan fingerprint density at radius 3 is 2.23 bits per heavy atom. The molecule has 2 aromatic carbocycles. The molecule has 1 aromatic heterocycles. The predicted molar refractivity (Wildman–Crippen MR) is 115 cm³/mol. The Balaban J connectivity index is 1.59. The van der Waals surface area contributed by atoms with Gasteiger partial charge in [0.15, 0.2) is 6.10 Å². The number of carbonyl (C=O) groups is 2. The van der Waals surface area contributed by atoms with Crippen LogP contribution in [0.5, 0.6) is 0 Å². The van der Waals surface area contributed by atoms with Gasteiger partial charge < -0.3 is 9.64 Å². The monoisotopic (exact) mass is 409 g/mol. The second-order valence-corrected chi connectivity index (χ2v) is 7.23. The smallest absolute Gasteiger partial charge is 0.329 e. The van der Waals surface area contributed by atoms with Crippen LogP contribution in [0.4, 0.5) is 0 Å². The van der Waals surface area contributed by atoms with E-state index < -0.39 is 12.1 Å². The van der Waals surface area contributed by atoms with E-state index in [2.05, 4.69) is 0 Å². The number of amides is 1. The number of ether oxygens (including phenoxy) is 1. The molecule has 1 heterocycles. The topological polar surface area (TPSA) is 73.5 Å². The summed E-state index contributed by atoms with van der Waals surface area (Å²) in [5.74, 6) is -0.781. The molecule has 30 heavy (non-hydrogen) atoms. The number of hydrogen-bond acceptors (Lipinski definition) is 4. The van der Waals surface area contributed by atoms with E-state index in [9.17, 15) is 14.4 Å². The van der Waals surface area contributed by atoms with Crippen molar-refractivity contribution in [3.8, 4) is 0 Å². The molecule has 3 aromatic rings. The molecule has 0 spiro atoms. The standard InChI is InChI=1S/C23H27N3O4/c1-4-25-19-12-8-9-13-20(19)26(23(25)29)15-14-21(27)30-17(2)22(28)24(3)16-18-10-6-5-7-11-18/h5-13,17H,4,14-16H2,1-3H3. The third-order valence-electron chi connectivity index (χ3n) is 5.08. The summed E-state index contributed by atoms with van der Waals surface area (Å²) < 4.78 is 8.57. The highest BCUT2D eigenvalue weighted by molar-refractivity contribution is 5.83. The minimum Gasteiger partial charge on any atom is -0.452 e. The zero-order valence-corrected chi connectivity index (χ0v) is 17.6. The van der Waals surface area contributed by atoms with Crippen LogP contribution in [0.25, 0.3) is 11.0 Å². The fourth-order valence-electron chi connectivity index (χ4n) is 3.55. The van der Waals surface area contributed by atoms with E-state index in [4.69, 9.17) is 4.74 Å². The minimum absolute atomic E-state index is 0.0116. The second kappa shape index (κ2) is 9.43. The summed E-state index contributed by atoms with van der Waals surface area (Å²) in [5.41, 5.74) is 2.46. The van der Waals surface area contributed by atoms with E-state index in [0.717, 1.165) is 16.6 Å². The molecule has 0 saturated carbocycles. The molecule has 0 aliphatic carbocycles. The molecule has 1 atom stereocenters. The quantitative estimate of drug-likeness (QED) is 0.536. The molecule has 7 heteroatoms. The molecule has 1 unspecified atom stereocenters. The van der Waals surface area contributed by atoms with Crippen molar-refractivity contribution in [3.05, 3.63) is 70.6 Å². The normalized spacial score (nSPS) is 12.0. The number of fused-ring (bicyclic) bond motifs is 1. The number of carbonyl (C=O) groups excluding carboxylic acids is 2. The largest absolute Gasteiger partial charge is 0.452 e. The Hall–Kier alpha value is -3.35. The zero-order valence-electron chi connectivity index (χ0n) is 17.6. The van der Waals surface area contributed by atoms with Crippen LogP contribution < -0.4 is 5.69 Å². The van der Waals surface area contributed by atoms with Crippen molar-refractivity contribution in [2.45, 2.75) is 46.0 Å². The molecule has 0 N–H and O–H groups in total. The first-order valence-electron chi connectivity index (χ1n) is 10.1. The fraction of sp³-hybridized carbons (Fsp3) is 0.348. The molecule has 0 saturated heterocycles. The molecule has 0 fully saturated rings. The summed E-state index contributed by atoms with van der Waals surface area (Å²) in [6.45, 7) is 4.66. The molecule has 3 rings (SSSR count). The molecule has 0 radical (unpaired) electrons. The van der Waals surface area contributed by atoms with Gasteiger partial charge in [-0.05, 0) is 31.5 Å². The van der Waals surface area contributed by atoms with Gasteiger partial charge in [0.25, 0.3) is 5.91 Å². The van der Waals surface area contributed by atoms with Gasteiger partial charge >= 0.3 is 11.7 Å². The molecular weight excluding hydrogens is 382 g/mol. The van der Waals surface area contributed by atoms with E-state index >= 15 is 0 Å². The van der Waals surface area contributed by atoms with Gasteiger partial charge in [-0.2, -0.15) is 0 Å². The van der Waals surface area contributed by atoms with Crippen LogP contribution in [-0.4, -0.2) is 39.1 Å². The lowest BCUT2D eigenvalue weighted by Gasteiger charge is -2.21. The Morgan fingerprint density at radius 2 is 1.60 bits per heavy atom. The maximum Gasteiger partial charge on any atom is 0.329 e. The number of rotatable bonds is 8. The summed E-state index contributed by atoms with van der Waals surface area (Å²) in [4.78, 5) is 39.0. The average molecular weight is 409 g/mol. The van der Waals surface area contributed by atoms with E-state index in [-0.39, 0.29) is 24.6 Å². The van der Waals surface area contributed by atoms with E-state index in [1.54, 1.807) is 23.1 Å².